The molecule has 0 atom stereocenters. The van der Waals surface area contributed by atoms with Crippen molar-refractivity contribution >= 4 is 46.4 Å². The van der Waals surface area contributed by atoms with Crippen molar-refractivity contribution in [3.8, 4) is 5.88 Å². The first kappa shape index (κ1) is 22.2. The molecule has 0 unspecified atom stereocenters. The highest BCUT2D eigenvalue weighted by molar-refractivity contribution is 7.98. The lowest BCUT2D eigenvalue weighted by molar-refractivity contribution is 0.0599. The average Bonchev–Trinajstić information content (AvgIpc) is 2.79. The SMILES string of the molecule is COC(=O)c1cc(NC(=S)N2CCN(c3ccccc3SC)CC2)c(OC)nc1C. The third kappa shape index (κ3) is 4.79. The van der Waals surface area contributed by atoms with Gasteiger partial charge in [-0.05, 0) is 43.6 Å². The molecule has 1 aromatic heterocycles. The number of rotatable bonds is 5. The molecule has 160 valence electrons. The van der Waals surface area contributed by atoms with Crippen molar-refractivity contribution in [2.24, 2.45) is 0 Å². The number of aryl methyl sites for hydroxylation is 1. The molecule has 1 fully saturated rings. The van der Waals surface area contributed by atoms with E-state index in [1.54, 1.807) is 24.8 Å². The van der Waals surface area contributed by atoms with Crippen molar-refractivity contribution in [3.05, 3.63) is 41.6 Å². The Balaban J connectivity index is 1.70. The fourth-order valence-electron chi connectivity index (χ4n) is 3.38. The third-order valence-corrected chi connectivity index (χ3v) is 6.16. The molecule has 1 N–H and O–H groups in total. The van der Waals surface area contributed by atoms with Crippen LogP contribution in [0.5, 0.6) is 5.88 Å². The van der Waals surface area contributed by atoms with E-state index in [9.17, 15) is 4.79 Å². The van der Waals surface area contributed by atoms with Crippen LogP contribution in [0.2, 0.25) is 0 Å². The summed E-state index contributed by atoms with van der Waals surface area (Å²) < 4.78 is 10.2. The molecule has 1 aliphatic heterocycles. The number of para-hydroxylation sites is 1. The van der Waals surface area contributed by atoms with Crippen LogP contribution in [0, 0.1) is 6.92 Å². The number of hydrogen-bond acceptors (Lipinski definition) is 7. The van der Waals surface area contributed by atoms with Crippen molar-refractivity contribution in [1.29, 1.82) is 0 Å². The van der Waals surface area contributed by atoms with Gasteiger partial charge in [0.2, 0.25) is 5.88 Å². The van der Waals surface area contributed by atoms with Gasteiger partial charge in [-0.2, -0.15) is 0 Å². The Morgan fingerprint density at radius 1 is 1.20 bits per heavy atom. The number of pyridine rings is 1. The lowest BCUT2D eigenvalue weighted by Crippen LogP contribution is -2.50. The van der Waals surface area contributed by atoms with Gasteiger partial charge in [-0.1, -0.05) is 12.1 Å². The number of aromatic nitrogens is 1. The number of hydrogen-bond donors (Lipinski definition) is 1. The number of nitrogens with zero attached hydrogens (tertiary/aromatic N) is 3. The smallest absolute Gasteiger partial charge is 0.339 e. The lowest BCUT2D eigenvalue weighted by atomic mass is 10.2. The quantitative estimate of drug-likeness (QED) is 0.423. The zero-order chi connectivity index (χ0) is 21.7. The van der Waals surface area contributed by atoms with E-state index in [0.717, 1.165) is 26.2 Å². The Morgan fingerprint density at radius 2 is 1.90 bits per heavy atom. The molecule has 2 aromatic rings. The van der Waals surface area contributed by atoms with E-state index in [0.29, 0.717) is 27.9 Å². The average molecular weight is 447 g/mol. The highest BCUT2D eigenvalue weighted by Crippen LogP contribution is 2.29. The molecule has 0 bridgehead atoms. The first-order valence-electron chi connectivity index (χ1n) is 9.56. The lowest BCUT2D eigenvalue weighted by Gasteiger charge is -2.38. The second-order valence-electron chi connectivity index (χ2n) is 6.75. The molecular weight excluding hydrogens is 420 g/mol. The molecule has 30 heavy (non-hydrogen) atoms. The van der Waals surface area contributed by atoms with Crippen molar-refractivity contribution in [2.75, 3.05) is 56.9 Å². The maximum Gasteiger partial charge on any atom is 0.339 e. The van der Waals surface area contributed by atoms with E-state index in [4.69, 9.17) is 21.7 Å². The van der Waals surface area contributed by atoms with E-state index < -0.39 is 5.97 Å². The molecule has 3 rings (SSSR count). The fourth-order valence-corrected chi connectivity index (χ4v) is 4.29. The van der Waals surface area contributed by atoms with Crippen LogP contribution in [0.15, 0.2) is 35.2 Å². The molecule has 0 saturated carbocycles. The van der Waals surface area contributed by atoms with Crippen molar-refractivity contribution in [3.63, 3.8) is 0 Å². The Bertz CT molecular complexity index is 930. The van der Waals surface area contributed by atoms with Gasteiger partial charge in [0.15, 0.2) is 5.11 Å². The summed E-state index contributed by atoms with van der Waals surface area (Å²) >= 11 is 7.39. The highest BCUT2D eigenvalue weighted by atomic mass is 32.2. The summed E-state index contributed by atoms with van der Waals surface area (Å²) in [6.07, 6.45) is 2.10. The largest absolute Gasteiger partial charge is 0.480 e. The number of carbonyl (C=O) groups is 1. The van der Waals surface area contributed by atoms with Gasteiger partial charge in [-0.15, -0.1) is 11.8 Å². The van der Waals surface area contributed by atoms with Crippen LogP contribution in [0.1, 0.15) is 16.1 Å². The Hall–Kier alpha value is -2.52. The third-order valence-electron chi connectivity index (χ3n) is 5.01. The summed E-state index contributed by atoms with van der Waals surface area (Å²) in [6.45, 7) is 5.06. The Morgan fingerprint density at radius 3 is 2.53 bits per heavy atom. The first-order valence-corrected chi connectivity index (χ1v) is 11.2. The van der Waals surface area contributed by atoms with Gasteiger partial charge < -0.3 is 24.6 Å². The summed E-state index contributed by atoms with van der Waals surface area (Å²) in [5, 5.41) is 3.77. The van der Waals surface area contributed by atoms with Crippen LogP contribution in [0.4, 0.5) is 11.4 Å². The molecule has 0 amide bonds. The zero-order valence-corrected chi connectivity index (χ0v) is 19.2. The summed E-state index contributed by atoms with van der Waals surface area (Å²) in [7, 11) is 2.88. The molecular formula is C21H26N4O3S2. The number of anilines is 2. The van der Waals surface area contributed by atoms with Gasteiger partial charge in [0.25, 0.3) is 0 Å². The summed E-state index contributed by atoms with van der Waals surface area (Å²) in [5.74, 6) is -0.0623. The van der Waals surface area contributed by atoms with Crippen LogP contribution in [-0.2, 0) is 4.74 Å². The van der Waals surface area contributed by atoms with Gasteiger partial charge in [-0.3, -0.25) is 0 Å². The number of piperazine rings is 1. The maximum absolute atomic E-state index is 12.0. The van der Waals surface area contributed by atoms with E-state index >= 15 is 0 Å². The predicted molar refractivity (Wildman–Crippen MR) is 125 cm³/mol. The summed E-state index contributed by atoms with van der Waals surface area (Å²) in [6, 6.07) is 10.1. The number of carbonyl (C=O) groups excluding carboxylic acids is 1. The Kier molecular flexibility index (Phi) is 7.38. The minimum absolute atomic E-state index is 0.377. The Labute approximate surface area is 186 Å². The molecule has 1 aromatic carbocycles. The first-order chi connectivity index (χ1) is 14.5. The van der Waals surface area contributed by atoms with Gasteiger partial charge in [0.1, 0.15) is 5.69 Å². The molecule has 0 spiro atoms. The van der Waals surface area contributed by atoms with Crippen LogP contribution in [-0.4, -0.2) is 67.6 Å². The molecule has 9 heteroatoms. The van der Waals surface area contributed by atoms with Crippen LogP contribution in [0.3, 0.4) is 0 Å². The van der Waals surface area contributed by atoms with Crippen molar-refractivity contribution in [2.45, 2.75) is 11.8 Å². The molecule has 7 nitrogen and oxygen atoms in total. The monoisotopic (exact) mass is 446 g/mol. The number of methoxy groups -OCH3 is 2. The standard InChI is InChI=1S/C21H26N4O3S2/c1-14-15(20(26)28-3)13-16(19(22-14)27-2)23-21(29)25-11-9-24(10-12-25)17-7-5-6-8-18(17)30-4/h5-8,13H,9-12H2,1-4H3,(H,23,29). The zero-order valence-electron chi connectivity index (χ0n) is 17.6. The van der Waals surface area contributed by atoms with E-state index in [2.05, 4.69) is 50.6 Å². The highest BCUT2D eigenvalue weighted by Gasteiger charge is 2.22. The number of benzene rings is 1. The van der Waals surface area contributed by atoms with Gasteiger partial charge >= 0.3 is 5.97 Å². The van der Waals surface area contributed by atoms with Crippen molar-refractivity contribution < 1.29 is 14.3 Å². The minimum Gasteiger partial charge on any atom is -0.480 e. The van der Waals surface area contributed by atoms with Crippen molar-refractivity contribution in [1.82, 2.24) is 9.88 Å². The summed E-state index contributed by atoms with van der Waals surface area (Å²) in [4.78, 5) is 22.1. The van der Waals surface area contributed by atoms with Crippen LogP contribution < -0.4 is 15.0 Å². The van der Waals surface area contributed by atoms with Gasteiger partial charge in [0.05, 0.1) is 31.2 Å². The van der Waals surface area contributed by atoms with E-state index in [1.165, 1.54) is 24.8 Å². The maximum atomic E-state index is 12.0. The molecule has 2 heterocycles. The number of ether oxygens (including phenoxy) is 2. The molecule has 0 aliphatic carbocycles. The summed E-state index contributed by atoms with van der Waals surface area (Å²) in [5.41, 5.74) is 2.72. The second kappa shape index (κ2) is 9.99. The molecule has 1 saturated heterocycles. The topological polar surface area (TPSA) is 66.9 Å². The number of thiocarbonyl (C=S) groups is 1. The second-order valence-corrected chi connectivity index (χ2v) is 7.98. The minimum atomic E-state index is -0.447. The number of thioether (sulfide) groups is 1. The van der Waals surface area contributed by atoms with Gasteiger partial charge in [0, 0.05) is 31.1 Å². The predicted octanol–water partition coefficient (Wildman–Crippen LogP) is 3.43. The van der Waals surface area contributed by atoms with Crippen LogP contribution in [0.25, 0.3) is 0 Å². The molecule has 1 aliphatic rings. The fraction of sp³-hybridized carbons (Fsp3) is 0.381. The number of nitrogens with one attached hydrogen (secondary N) is 1. The van der Waals surface area contributed by atoms with Gasteiger partial charge in [-0.25, -0.2) is 9.78 Å². The molecule has 0 radical (unpaired) electrons. The normalized spacial score (nSPS) is 13.7. The van der Waals surface area contributed by atoms with E-state index in [1.807, 2.05) is 0 Å². The van der Waals surface area contributed by atoms with Crippen LogP contribution >= 0.6 is 24.0 Å². The van der Waals surface area contributed by atoms with E-state index in [-0.39, 0.29) is 0 Å². The number of esters is 1.